The van der Waals surface area contributed by atoms with Crippen molar-refractivity contribution in [3.05, 3.63) is 59.7 Å². The summed E-state index contributed by atoms with van der Waals surface area (Å²) < 4.78 is 42.4. The molecule has 4 aromatic rings. The van der Waals surface area contributed by atoms with E-state index in [9.17, 15) is 28.2 Å². The van der Waals surface area contributed by atoms with Crippen LogP contribution in [-0.4, -0.2) is 76.7 Å². The number of β-amino-alcohol motifs (C(OH)–C–C–N with tert-alkyl or cyclic N) is 1. The van der Waals surface area contributed by atoms with Gasteiger partial charge in [0.1, 0.15) is 0 Å². The minimum Gasteiger partial charge on any atom is -0.395 e. The van der Waals surface area contributed by atoms with Crippen LogP contribution < -0.4 is 5.32 Å². The first-order valence-electron chi connectivity index (χ1n) is 11.9. The van der Waals surface area contributed by atoms with Crippen molar-refractivity contribution in [1.82, 2.24) is 29.2 Å². The Balaban J connectivity index is 1.38. The van der Waals surface area contributed by atoms with Crippen molar-refractivity contribution >= 4 is 28.3 Å². The fraction of sp³-hybridized carbons (Fsp3) is 0.360. The van der Waals surface area contributed by atoms with Crippen molar-refractivity contribution in [3.63, 3.8) is 0 Å². The number of hydrogen-bond acceptors (Lipinski definition) is 8. The molecule has 1 fully saturated rings. The number of nitrogens with zero attached hydrogens (tertiary/aromatic N) is 6. The second-order valence-corrected chi connectivity index (χ2v) is 9.42. The molecule has 1 aliphatic heterocycles. The number of alkyl halides is 3. The fourth-order valence-electron chi connectivity index (χ4n) is 4.80. The van der Waals surface area contributed by atoms with Crippen molar-refractivity contribution in [3.8, 4) is 5.82 Å². The number of aryl methyl sites for hydroxylation is 2. The number of hydrogen-bond donors (Lipinski definition) is 3. The van der Waals surface area contributed by atoms with Gasteiger partial charge in [-0.05, 0) is 31.5 Å². The number of ketones is 1. The maximum Gasteiger partial charge on any atom is 0.454 e. The number of anilines is 2. The molecule has 0 amide bonds. The Bertz CT molecular complexity index is 1500. The molecule has 38 heavy (non-hydrogen) atoms. The summed E-state index contributed by atoms with van der Waals surface area (Å²) >= 11 is 0. The summed E-state index contributed by atoms with van der Waals surface area (Å²) in [7, 11) is 1.57. The number of aliphatic hydroxyl groups excluding tert-OH is 2. The van der Waals surface area contributed by atoms with E-state index in [1.807, 2.05) is 18.0 Å². The third-order valence-electron chi connectivity index (χ3n) is 6.71. The molecule has 0 saturated carbocycles. The second-order valence-electron chi connectivity index (χ2n) is 9.42. The van der Waals surface area contributed by atoms with E-state index in [0.29, 0.717) is 36.5 Å². The number of benzene rings is 1. The molecule has 3 N–H and O–H groups in total. The van der Waals surface area contributed by atoms with Crippen LogP contribution in [-0.2, 0) is 13.6 Å². The highest BCUT2D eigenvalue weighted by molar-refractivity contribution is 6.11. The lowest BCUT2D eigenvalue weighted by Gasteiger charge is -2.21. The predicted molar refractivity (Wildman–Crippen MR) is 132 cm³/mol. The molecular formula is C25H26F3N7O3. The van der Waals surface area contributed by atoms with Gasteiger partial charge in [0, 0.05) is 73.0 Å². The monoisotopic (exact) mass is 529 g/mol. The first kappa shape index (κ1) is 25.8. The van der Waals surface area contributed by atoms with Crippen LogP contribution in [0.1, 0.15) is 28.0 Å². The van der Waals surface area contributed by atoms with Gasteiger partial charge in [-0.15, -0.1) is 0 Å². The van der Waals surface area contributed by atoms with Crippen LogP contribution >= 0.6 is 0 Å². The molecule has 4 heterocycles. The summed E-state index contributed by atoms with van der Waals surface area (Å²) in [5, 5.41) is 27.3. The van der Waals surface area contributed by atoms with E-state index in [1.54, 1.807) is 29.9 Å². The van der Waals surface area contributed by atoms with Crippen LogP contribution in [0.2, 0.25) is 0 Å². The first-order valence-corrected chi connectivity index (χ1v) is 11.9. The van der Waals surface area contributed by atoms with Crippen LogP contribution in [0.4, 0.5) is 24.8 Å². The molecule has 1 aromatic carbocycles. The number of Topliss-reactive ketones (excluding diaryl/α,β-unsaturated/α-hetero) is 1. The van der Waals surface area contributed by atoms with E-state index in [-0.39, 0.29) is 24.0 Å². The Hall–Kier alpha value is -3.81. The molecule has 5 rings (SSSR count). The second kappa shape index (κ2) is 9.82. The minimum atomic E-state index is -4.98. The summed E-state index contributed by atoms with van der Waals surface area (Å²) in [6.45, 7) is 2.81. The average Bonchev–Trinajstić information content (AvgIpc) is 3.52. The Kier molecular flexibility index (Phi) is 6.67. The summed E-state index contributed by atoms with van der Waals surface area (Å²) in [5.74, 6) is -1.25. The smallest absolute Gasteiger partial charge is 0.395 e. The molecule has 0 unspecified atom stereocenters. The van der Waals surface area contributed by atoms with Crippen LogP contribution in [0.25, 0.3) is 16.7 Å². The van der Waals surface area contributed by atoms with Crippen LogP contribution in [0.15, 0.2) is 42.9 Å². The molecule has 13 heteroatoms. The highest BCUT2D eigenvalue weighted by Crippen LogP contribution is 2.30. The van der Waals surface area contributed by atoms with E-state index in [2.05, 4.69) is 20.4 Å². The van der Waals surface area contributed by atoms with Crippen molar-refractivity contribution in [1.29, 1.82) is 0 Å². The van der Waals surface area contributed by atoms with Crippen molar-refractivity contribution in [2.24, 2.45) is 7.05 Å². The molecule has 0 aliphatic carbocycles. The first-order chi connectivity index (χ1) is 18.0. The summed E-state index contributed by atoms with van der Waals surface area (Å²) in [6.07, 6.45) is -0.416. The fourth-order valence-corrected chi connectivity index (χ4v) is 4.80. The van der Waals surface area contributed by atoms with Crippen molar-refractivity contribution in [2.45, 2.75) is 38.2 Å². The Labute approximate surface area is 215 Å². The number of halogens is 3. The number of aliphatic hydroxyl groups is 2. The lowest BCUT2D eigenvalue weighted by Crippen LogP contribution is -2.32. The van der Waals surface area contributed by atoms with Crippen LogP contribution in [0.5, 0.6) is 0 Å². The van der Waals surface area contributed by atoms with E-state index in [4.69, 9.17) is 0 Å². The van der Waals surface area contributed by atoms with Crippen molar-refractivity contribution < 1.29 is 28.2 Å². The zero-order valence-electron chi connectivity index (χ0n) is 20.6. The van der Waals surface area contributed by atoms with E-state index >= 15 is 0 Å². The summed E-state index contributed by atoms with van der Waals surface area (Å²) in [6, 6.07) is 6.29. The van der Waals surface area contributed by atoms with Gasteiger partial charge in [0.25, 0.3) is 5.78 Å². The third-order valence-corrected chi connectivity index (χ3v) is 6.71. The zero-order valence-corrected chi connectivity index (χ0v) is 20.6. The normalized spacial score (nSPS) is 18.4. The van der Waals surface area contributed by atoms with Gasteiger partial charge in [0.2, 0.25) is 5.95 Å². The number of aromatic nitrogens is 5. The molecular weight excluding hydrogens is 503 g/mol. The largest absolute Gasteiger partial charge is 0.454 e. The Morgan fingerprint density at radius 2 is 2.03 bits per heavy atom. The molecule has 0 bridgehead atoms. The molecule has 200 valence electrons. The highest BCUT2D eigenvalue weighted by atomic mass is 19.4. The number of rotatable bonds is 7. The van der Waals surface area contributed by atoms with Gasteiger partial charge < -0.3 is 20.1 Å². The maximum atomic E-state index is 13.1. The van der Waals surface area contributed by atoms with Crippen molar-refractivity contribution in [2.75, 3.05) is 18.5 Å². The SMILES string of the molecule is Cc1nn(-c2ccnc(Nc3ccc4c(c3)c(C(=O)C(F)(F)F)cn4C)n2)cc1CN1C[C@H](O)C[C@H]1CO. The topological polar surface area (TPSA) is 121 Å². The third kappa shape index (κ3) is 4.99. The maximum absolute atomic E-state index is 13.1. The number of nitrogens with one attached hydrogen (secondary N) is 1. The van der Waals surface area contributed by atoms with Crippen LogP contribution in [0, 0.1) is 6.92 Å². The molecule has 1 aliphatic rings. The van der Waals surface area contributed by atoms with E-state index in [0.717, 1.165) is 11.3 Å². The number of likely N-dealkylation sites (tertiary alicyclic amines) is 1. The Morgan fingerprint density at radius 3 is 2.76 bits per heavy atom. The molecule has 10 nitrogen and oxygen atoms in total. The van der Waals surface area contributed by atoms with E-state index < -0.39 is 23.6 Å². The lowest BCUT2D eigenvalue weighted by atomic mass is 10.1. The molecule has 3 aromatic heterocycles. The van der Waals surface area contributed by atoms with Gasteiger partial charge in [0.15, 0.2) is 5.82 Å². The highest BCUT2D eigenvalue weighted by Gasteiger charge is 2.40. The van der Waals surface area contributed by atoms with Gasteiger partial charge in [-0.2, -0.15) is 23.3 Å². The lowest BCUT2D eigenvalue weighted by molar-refractivity contribution is -0.0884. The van der Waals surface area contributed by atoms with Gasteiger partial charge in [-0.25, -0.2) is 9.67 Å². The molecule has 1 saturated heterocycles. The Morgan fingerprint density at radius 1 is 1.24 bits per heavy atom. The number of carbonyl (C=O) groups excluding carboxylic acids is 1. The van der Waals surface area contributed by atoms with Gasteiger partial charge >= 0.3 is 6.18 Å². The quantitative estimate of drug-likeness (QED) is 0.313. The summed E-state index contributed by atoms with van der Waals surface area (Å²) in [5.41, 5.74) is 2.15. The van der Waals surface area contributed by atoms with Gasteiger partial charge in [-0.3, -0.25) is 9.69 Å². The average molecular weight is 530 g/mol. The summed E-state index contributed by atoms with van der Waals surface area (Å²) in [4.78, 5) is 22.6. The minimum absolute atomic E-state index is 0.0359. The van der Waals surface area contributed by atoms with Crippen LogP contribution in [0.3, 0.4) is 0 Å². The van der Waals surface area contributed by atoms with Gasteiger partial charge in [-0.1, -0.05) is 0 Å². The van der Waals surface area contributed by atoms with E-state index in [1.165, 1.54) is 23.0 Å². The number of carbonyl (C=O) groups is 1. The predicted octanol–water partition coefficient (Wildman–Crippen LogP) is 2.88. The molecule has 2 atom stereocenters. The zero-order chi connectivity index (χ0) is 27.2. The molecule has 0 radical (unpaired) electrons. The molecule has 0 spiro atoms. The number of fused-ring (bicyclic) bond motifs is 1. The standard InChI is InChI=1S/C25H26F3N7O3/c1-14-15(9-34-11-18(37)8-17(34)13-36)10-35(32-14)22-5-6-29-24(31-22)30-16-3-4-21-19(7-16)20(12-33(21)2)23(38)25(26,27)28/h3-7,10,12,17-18,36-37H,8-9,11,13H2,1-2H3,(H,29,30,31)/t17-,18+/m0/s1. The van der Waals surface area contributed by atoms with Gasteiger partial charge in [0.05, 0.1) is 24.0 Å².